The molecule has 0 aliphatic heterocycles. The Balaban J connectivity index is 2.84. The lowest BCUT2D eigenvalue weighted by Crippen LogP contribution is -1.94. The summed E-state index contributed by atoms with van der Waals surface area (Å²) in [7, 11) is 0. The molecule has 0 spiro atoms. The van der Waals surface area contributed by atoms with E-state index in [-0.39, 0.29) is 5.78 Å². The standard InChI is InChI=1S/C12H11NO/c1-8-3-4-12-11(7-8)10(9(2)14)5-6-13-12/h3-7H,1-2H3. The first-order chi connectivity index (χ1) is 6.68. The Morgan fingerprint density at radius 3 is 2.79 bits per heavy atom. The molecule has 2 nitrogen and oxygen atoms in total. The molecule has 2 rings (SSSR count). The van der Waals surface area contributed by atoms with Gasteiger partial charge < -0.3 is 0 Å². The van der Waals surface area contributed by atoms with Gasteiger partial charge in [-0.05, 0) is 32.0 Å². The maximum absolute atomic E-state index is 11.3. The lowest BCUT2D eigenvalue weighted by Gasteiger charge is -2.02. The molecule has 0 N–H and O–H groups in total. The van der Waals surface area contributed by atoms with Crippen molar-refractivity contribution in [1.82, 2.24) is 4.98 Å². The van der Waals surface area contributed by atoms with Gasteiger partial charge in [0.2, 0.25) is 0 Å². The molecule has 0 amide bonds. The summed E-state index contributed by atoms with van der Waals surface area (Å²) in [5.41, 5.74) is 2.77. The van der Waals surface area contributed by atoms with Crippen LogP contribution in [0.3, 0.4) is 0 Å². The first-order valence-corrected chi connectivity index (χ1v) is 4.55. The second-order valence-corrected chi connectivity index (χ2v) is 3.44. The van der Waals surface area contributed by atoms with Crippen molar-refractivity contribution >= 4 is 16.7 Å². The number of Topliss-reactive ketones (excluding diaryl/α,β-unsaturated/α-hetero) is 1. The summed E-state index contributed by atoms with van der Waals surface area (Å²) in [6.45, 7) is 3.59. The smallest absolute Gasteiger partial charge is 0.160 e. The number of ketones is 1. The van der Waals surface area contributed by atoms with Gasteiger partial charge >= 0.3 is 0 Å². The van der Waals surface area contributed by atoms with E-state index in [1.807, 2.05) is 25.1 Å². The highest BCUT2D eigenvalue weighted by Crippen LogP contribution is 2.18. The number of aryl methyl sites for hydroxylation is 1. The number of benzene rings is 1. The van der Waals surface area contributed by atoms with E-state index in [0.717, 1.165) is 22.0 Å². The van der Waals surface area contributed by atoms with E-state index in [1.54, 1.807) is 19.2 Å². The topological polar surface area (TPSA) is 30.0 Å². The number of pyridine rings is 1. The third kappa shape index (κ3) is 1.39. The number of carbonyl (C=O) groups excluding carboxylic acids is 1. The molecule has 0 unspecified atom stereocenters. The van der Waals surface area contributed by atoms with E-state index in [9.17, 15) is 4.79 Å². The molecule has 70 valence electrons. The van der Waals surface area contributed by atoms with E-state index in [4.69, 9.17) is 0 Å². The first-order valence-electron chi connectivity index (χ1n) is 4.55. The van der Waals surface area contributed by atoms with Crippen molar-refractivity contribution in [3.8, 4) is 0 Å². The van der Waals surface area contributed by atoms with E-state index in [2.05, 4.69) is 4.98 Å². The van der Waals surface area contributed by atoms with E-state index in [1.165, 1.54) is 0 Å². The van der Waals surface area contributed by atoms with Gasteiger partial charge in [-0.3, -0.25) is 9.78 Å². The molecule has 0 bridgehead atoms. The lowest BCUT2D eigenvalue weighted by atomic mass is 10.0. The molecular formula is C12H11NO. The predicted octanol–water partition coefficient (Wildman–Crippen LogP) is 2.75. The average molecular weight is 185 g/mol. The average Bonchev–Trinajstić information content (AvgIpc) is 2.16. The number of hydrogen-bond donors (Lipinski definition) is 0. The van der Waals surface area contributed by atoms with E-state index < -0.39 is 0 Å². The maximum atomic E-state index is 11.3. The lowest BCUT2D eigenvalue weighted by molar-refractivity contribution is 0.101. The van der Waals surface area contributed by atoms with Gasteiger partial charge in [-0.15, -0.1) is 0 Å². The van der Waals surface area contributed by atoms with Gasteiger partial charge in [0.1, 0.15) is 0 Å². The molecule has 1 aromatic carbocycles. The minimum absolute atomic E-state index is 0.0861. The summed E-state index contributed by atoms with van der Waals surface area (Å²) in [6.07, 6.45) is 1.67. The SMILES string of the molecule is CC(=O)c1ccnc2ccc(C)cc12. The van der Waals surface area contributed by atoms with Crippen LogP contribution in [0.4, 0.5) is 0 Å². The van der Waals surface area contributed by atoms with Crippen LogP contribution in [0.15, 0.2) is 30.5 Å². The van der Waals surface area contributed by atoms with Gasteiger partial charge in [0, 0.05) is 17.1 Å². The first kappa shape index (κ1) is 8.88. The van der Waals surface area contributed by atoms with Crippen molar-refractivity contribution in [2.45, 2.75) is 13.8 Å². The Morgan fingerprint density at radius 1 is 1.29 bits per heavy atom. The van der Waals surface area contributed by atoms with E-state index >= 15 is 0 Å². The quantitative estimate of drug-likeness (QED) is 0.639. The number of carbonyl (C=O) groups is 1. The zero-order valence-corrected chi connectivity index (χ0v) is 8.24. The summed E-state index contributed by atoms with van der Waals surface area (Å²) < 4.78 is 0. The Bertz CT molecular complexity index is 503. The van der Waals surface area contributed by atoms with Crippen molar-refractivity contribution in [3.63, 3.8) is 0 Å². The zero-order chi connectivity index (χ0) is 10.1. The van der Waals surface area contributed by atoms with Crippen molar-refractivity contribution in [1.29, 1.82) is 0 Å². The summed E-state index contributed by atoms with van der Waals surface area (Å²) in [5, 5.41) is 0.944. The van der Waals surface area contributed by atoms with Crippen LogP contribution < -0.4 is 0 Å². The highest BCUT2D eigenvalue weighted by Gasteiger charge is 2.05. The highest BCUT2D eigenvalue weighted by molar-refractivity contribution is 6.06. The Morgan fingerprint density at radius 2 is 2.07 bits per heavy atom. The van der Waals surface area contributed by atoms with Crippen LogP contribution in [-0.2, 0) is 0 Å². The number of nitrogens with zero attached hydrogens (tertiary/aromatic N) is 1. The van der Waals surface area contributed by atoms with Gasteiger partial charge in [-0.2, -0.15) is 0 Å². The largest absolute Gasteiger partial charge is 0.294 e. The van der Waals surface area contributed by atoms with Crippen LogP contribution in [-0.4, -0.2) is 10.8 Å². The van der Waals surface area contributed by atoms with Crippen molar-refractivity contribution < 1.29 is 4.79 Å². The van der Waals surface area contributed by atoms with Crippen LogP contribution in [0.1, 0.15) is 22.8 Å². The van der Waals surface area contributed by atoms with Crippen LogP contribution >= 0.6 is 0 Å². The van der Waals surface area contributed by atoms with Gasteiger partial charge in [-0.1, -0.05) is 11.6 Å². The summed E-state index contributed by atoms with van der Waals surface area (Å²) in [6, 6.07) is 7.71. The molecule has 0 aliphatic rings. The number of fused-ring (bicyclic) bond motifs is 1. The fourth-order valence-electron chi connectivity index (χ4n) is 1.57. The molecule has 0 saturated heterocycles. The van der Waals surface area contributed by atoms with Gasteiger partial charge in [0.15, 0.2) is 5.78 Å². The van der Waals surface area contributed by atoms with Crippen LogP contribution in [0.25, 0.3) is 10.9 Å². The fraction of sp³-hybridized carbons (Fsp3) is 0.167. The third-order valence-corrected chi connectivity index (χ3v) is 2.28. The molecule has 14 heavy (non-hydrogen) atoms. The van der Waals surface area contributed by atoms with Crippen LogP contribution in [0.2, 0.25) is 0 Å². The zero-order valence-electron chi connectivity index (χ0n) is 8.24. The molecule has 1 heterocycles. The molecule has 2 heteroatoms. The third-order valence-electron chi connectivity index (χ3n) is 2.28. The highest BCUT2D eigenvalue weighted by atomic mass is 16.1. The predicted molar refractivity (Wildman–Crippen MR) is 56.5 cm³/mol. The van der Waals surface area contributed by atoms with Crippen molar-refractivity contribution in [3.05, 3.63) is 41.6 Å². The monoisotopic (exact) mass is 185 g/mol. The molecular weight excluding hydrogens is 174 g/mol. The summed E-state index contributed by atoms with van der Waals surface area (Å²) >= 11 is 0. The van der Waals surface area contributed by atoms with Crippen LogP contribution in [0.5, 0.6) is 0 Å². The Hall–Kier alpha value is -1.70. The maximum Gasteiger partial charge on any atom is 0.160 e. The minimum atomic E-state index is 0.0861. The molecule has 0 atom stereocenters. The molecule has 2 aromatic rings. The van der Waals surface area contributed by atoms with Crippen molar-refractivity contribution in [2.24, 2.45) is 0 Å². The van der Waals surface area contributed by atoms with Crippen molar-refractivity contribution in [2.75, 3.05) is 0 Å². The number of rotatable bonds is 1. The number of aromatic nitrogens is 1. The van der Waals surface area contributed by atoms with E-state index in [0.29, 0.717) is 0 Å². The summed E-state index contributed by atoms with van der Waals surface area (Å²) in [5.74, 6) is 0.0861. The Kier molecular flexibility index (Phi) is 2.04. The molecule has 0 fully saturated rings. The van der Waals surface area contributed by atoms with Gasteiger partial charge in [-0.25, -0.2) is 0 Å². The molecule has 0 aliphatic carbocycles. The molecule has 0 saturated carbocycles. The Labute approximate surface area is 82.6 Å². The second kappa shape index (κ2) is 3.22. The normalized spacial score (nSPS) is 10.4. The number of hydrogen-bond acceptors (Lipinski definition) is 2. The van der Waals surface area contributed by atoms with Crippen LogP contribution in [0, 0.1) is 6.92 Å². The molecule has 1 aromatic heterocycles. The molecule has 0 radical (unpaired) electrons. The summed E-state index contributed by atoms with van der Waals surface area (Å²) in [4.78, 5) is 15.6. The fourth-order valence-corrected chi connectivity index (χ4v) is 1.57. The second-order valence-electron chi connectivity index (χ2n) is 3.44. The van der Waals surface area contributed by atoms with Gasteiger partial charge in [0.25, 0.3) is 0 Å². The minimum Gasteiger partial charge on any atom is -0.294 e. The van der Waals surface area contributed by atoms with Gasteiger partial charge in [0.05, 0.1) is 5.52 Å².